The van der Waals surface area contributed by atoms with Crippen molar-refractivity contribution in [2.75, 3.05) is 26.9 Å². The highest BCUT2D eigenvalue weighted by Crippen LogP contribution is 2.44. The van der Waals surface area contributed by atoms with E-state index in [1.165, 1.54) is 7.11 Å². The Balaban J connectivity index is 1.55. The maximum atomic E-state index is 13.4. The molecule has 18 nitrogen and oxygen atoms in total. The van der Waals surface area contributed by atoms with Gasteiger partial charge in [0.25, 0.3) is 16.6 Å². The summed E-state index contributed by atoms with van der Waals surface area (Å²) in [5.74, 6) is -7.49. The molecule has 0 spiro atoms. The Labute approximate surface area is 458 Å². The van der Waals surface area contributed by atoms with Crippen LogP contribution in [0.5, 0.6) is 0 Å². The van der Waals surface area contributed by atoms with Gasteiger partial charge in [0.2, 0.25) is 12.1 Å². The summed E-state index contributed by atoms with van der Waals surface area (Å²) in [5, 5.41) is 2.48. The van der Waals surface area contributed by atoms with Gasteiger partial charge in [0.15, 0.2) is 30.5 Å². The molecule has 0 unspecified atom stereocenters. The van der Waals surface area contributed by atoms with Gasteiger partial charge in [0, 0.05) is 34.6 Å². The van der Waals surface area contributed by atoms with Gasteiger partial charge in [-0.05, 0) is 30.8 Å². The fourth-order valence-corrected chi connectivity index (χ4v) is 19.6. The maximum Gasteiger partial charge on any atom is 0.333 e. The van der Waals surface area contributed by atoms with Crippen LogP contribution in [0.25, 0.3) is 0 Å². The zero-order valence-corrected chi connectivity index (χ0v) is 48.3. The number of rotatable bonds is 21. The van der Waals surface area contributed by atoms with E-state index in [4.69, 9.17) is 56.2 Å². The molecule has 78 heavy (non-hydrogen) atoms. The summed E-state index contributed by atoms with van der Waals surface area (Å²) in [4.78, 5) is 78.8. The highest BCUT2D eigenvalue weighted by molar-refractivity contribution is 7.00. The Morgan fingerprint density at radius 2 is 0.885 bits per heavy atom. The molecule has 0 radical (unpaired) electrons. The first kappa shape index (κ1) is 60.7. The van der Waals surface area contributed by atoms with Crippen molar-refractivity contribution >= 4 is 73.2 Å². The second-order valence-electron chi connectivity index (χ2n) is 21.0. The molecule has 2 aliphatic rings. The van der Waals surface area contributed by atoms with E-state index in [2.05, 4.69) is 41.5 Å². The van der Waals surface area contributed by atoms with Crippen LogP contribution in [0.4, 0.5) is 0 Å². The molecule has 9 atom stereocenters. The molecular formula is C58H72O18Si2. The summed E-state index contributed by atoms with van der Waals surface area (Å²) in [6.07, 6.45) is -10.9. The molecule has 2 fully saturated rings. The summed E-state index contributed by atoms with van der Waals surface area (Å²) in [5.41, 5.74) is 0. The SMILES string of the molecule is COC(=O)/C=C/OC[C@@]1(O[C@H]2O[C@H](CO[Si](c3ccccc3)(c3ccccc3)C(C)(C)C)[C@@H](OC(C)=O)[C@H](OC(C)=O)[C@H]2OC(C)=O)O[C@H](CO[Si](c2ccccc2)(c2ccccc2)C(C)(C)C)[C@@H](OC(C)=O)[C@@H]1OC(C)=O. The predicted octanol–water partition coefficient (Wildman–Crippen LogP) is 5.34. The summed E-state index contributed by atoms with van der Waals surface area (Å²) in [6.45, 7) is 16.6. The summed E-state index contributed by atoms with van der Waals surface area (Å²) in [6, 6.07) is 38.8. The van der Waals surface area contributed by atoms with Crippen molar-refractivity contribution in [2.24, 2.45) is 0 Å². The molecule has 0 bridgehead atoms. The van der Waals surface area contributed by atoms with Crippen LogP contribution in [0.1, 0.15) is 76.2 Å². The molecule has 0 saturated carbocycles. The van der Waals surface area contributed by atoms with Gasteiger partial charge >= 0.3 is 35.8 Å². The van der Waals surface area contributed by atoms with Gasteiger partial charge in [-0.15, -0.1) is 0 Å². The van der Waals surface area contributed by atoms with Crippen molar-refractivity contribution in [1.82, 2.24) is 0 Å². The fourth-order valence-electron chi connectivity index (χ4n) is 10.4. The molecule has 0 amide bonds. The van der Waals surface area contributed by atoms with Crippen molar-refractivity contribution in [3.63, 3.8) is 0 Å². The molecule has 2 aliphatic heterocycles. The standard InChI is InChI=1S/C58H72O18Si2/c1-38(59)69-50-47(35-67-77(56(6,7)8,43-25-17-13-18-26-43)44-27-19-14-20-28-44)74-55(53(72-41(4)62)52(50)71-40(3)61)76-58(37-66-34-33-49(64)65-12)54(73-42(5)63)51(70-39(2)60)48(75-58)36-68-78(57(9,10)11,45-29-21-15-22-30-45)46-31-23-16-24-32-46/h13-34,47-48,50-55H,35-37H2,1-12H3/b34-33+/t47-,48-,50-,51-,52+,53-,54+,55-,58+/m1/s1. The first-order valence-corrected chi connectivity index (χ1v) is 29.4. The van der Waals surface area contributed by atoms with Crippen molar-refractivity contribution in [1.29, 1.82) is 0 Å². The van der Waals surface area contributed by atoms with Gasteiger partial charge in [-0.25, -0.2) is 4.79 Å². The third-order valence-corrected chi connectivity index (χ3v) is 23.4. The fraction of sp³-hybridized carbons (Fsp3) is 0.448. The lowest BCUT2D eigenvalue weighted by atomic mass is 9.97. The molecule has 0 aromatic heterocycles. The molecule has 0 N–H and O–H groups in total. The van der Waals surface area contributed by atoms with E-state index in [0.717, 1.165) is 67.7 Å². The average molecular weight is 1110 g/mol. The molecule has 4 aromatic carbocycles. The number of methoxy groups -OCH3 is 1. The molecule has 20 heteroatoms. The van der Waals surface area contributed by atoms with Crippen molar-refractivity contribution in [3.8, 4) is 0 Å². The van der Waals surface area contributed by atoms with Crippen LogP contribution in [-0.2, 0) is 85.0 Å². The molecular weight excluding hydrogens is 1040 g/mol. The minimum Gasteiger partial charge on any atom is -0.495 e. The van der Waals surface area contributed by atoms with Crippen molar-refractivity contribution < 1.29 is 85.0 Å². The van der Waals surface area contributed by atoms with Crippen LogP contribution in [0.2, 0.25) is 10.1 Å². The van der Waals surface area contributed by atoms with Crippen LogP contribution < -0.4 is 20.7 Å². The first-order chi connectivity index (χ1) is 36.9. The minimum atomic E-state index is -3.42. The van der Waals surface area contributed by atoms with Crippen LogP contribution in [-0.4, -0.2) is 134 Å². The topological polar surface area (TPSA) is 213 Å². The molecule has 0 aliphatic carbocycles. The van der Waals surface area contributed by atoms with Crippen molar-refractivity contribution in [3.05, 3.63) is 134 Å². The lowest BCUT2D eigenvalue weighted by molar-refractivity contribution is -0.383. The van der Waals surface area contributed by atoms with Crippen molar-refractivity contribution in [2.45, 2.75) is 141 Å². The van der Waals surface area contributed by atoms with Gasteiger partial charge in [-0.3, -0.25) is 24.0 Å². The molecule has 2 saturated heterocycles. The summed E-state index contributed by atoms with van der Waals surface area (Å²) >= 11 is 0. The zero-order chi connectivity index (χ0) is 57.1. The van der Waals surface area contributed by atoms with E-state index in [9.17, 15) is 28.8 Å². The number of carbonyl (C=O) groups excluding carboxylic acids is 6. The number of hydrogen-bond acceptors (Lipinski definition) is 18. The number of esters is 6. The third kappa shape index (κ3) is 13.8. The smallest absolute Gasteiger partial charge is 0.333 e. The third-order valence-electron chi connectivity index (χ3n) is 13.4. The Kier molecular flexibility index (Phi) is 20.2. The molecule has 4 aromatic rings. The lowest BCUT2D eigenvalue weighted by Gasteiger charge is -2.48. The van der Waals surface area contributed by atoms with Crippen LogP contribution in [0.3, 0.4) is 0 Å². The van der Waals surface area contributed by atoms with Gasteiger partial charge in [0.05, 0.1) is 32.7 Å². The van der Waals surface area contributed by atoms with E-state index >= 15 is 0 Å². The lowest BCUT2D eigenvalue weighted by Crippen LogP contribution is -2.69. The molecule has 6 rings (SSSR count). The van der Waals surface area contributed by atoms with Crippen LogP contribution >= 0.6 is 0 Å². The molecule has 2 heterocycles. The predicted molar refractivity (Wildman–Crippen MR) is 289 cm³/mol. The Morgan fingerprint density at radius 1 is 0.513 bits per heavy atom. The Morgan fingerprint density at radius 3 is 1.27 bits per heavy atom. The van der Waals surface area contributed by atoms with Gasteiger partial charge in [-0.1, -0.05) is 163 Å². The second-order valence-corrected chi connectivity index (χ2v) is 29.7. The maximum absolute atomic E-state index is 13.4. The van der Waals surface area contributed by atoms with E-state index in [1.807, 2.05) is 121 Å². The number of benzene rings is 4. The second kappa shape index (κ2) is 26.0. The van der Waals surface area contributed by atoms with Crippen LogP contribution in [0.15, 0.2) is 134 Å². The first-order valence-electron chi connectivity index (χ1n) is 25.6. The zero-order valence-electron chi connectivity index (χ0n) is 46.3. The minimum absolute atomic E-state index is 0.315. The summed E-state index contributed by atoms with van der Waals surface area (Å²) < 4.78 is 76.2. The van der Waals surface area contributed by atoms with E-state index in [0.29, 0.717) is 0 Å². The highest BCUT2D eigenvalue weighted by atomic mass is 28.4. The van der Waals surface area contributed by atoms with Gasteiger partial charge in [-0.2, -0.15) is 0 Å². The quantitative estimate of drug-likeness (QED) is 0.0339. The van der Waals surface area contributed by atoms with E-state index < -0.39 is 124 Å². The average Bonchev–Trinajstić information content (AvgIpc) is 3.64. The largest absolute Gasteiger partial charge is 0.495 e. The summed E-state index contributed by atoms with van der Waals surface area (Å²) in [7, 11) is -5.65. The normalized spacial score (nSPS) is 23.6. The van der Waals surface area contributed by atoms with E-state index in [-0.39, 0.29) is 13.2 Å². The highest BCUT2D eigenvalue weighted by Gasteiger charge is 2.65. The number of ether oxygens (including phenoxy) is 10. The monoisotopic (exact) mass is 1110 g/mol. The van der Waals surface area contributed by atoms with Crippen LogP contribution in [0, 0.1) is 0 Å². The van der Waals surface area contributed by atoms with Gasteiger partial charge < -0.3 is 56.2 Å². The molecule has 420 valence electrons. The van der Waals surface area contributed by atoms with Gasteiger partial charge in [0.1, 0.15) is 18.8 Å². The Hall–Kier alpha value is -6.53. The number of carbonyl (C=O) groups is 6. The number of hydrogen-bond donors (Lipinski definition) is 0. The Bertz CT molecular complexity index is 2620. The van der Waals surface area contributed by atoms with E-state index in [1.54, 1.807) is 0 Å².